The number of carbonyl (C=O) groups is 2. The van der Waals surface area contributed by atoms with Gasteiger partial charge in [0.2, 0.25) is 5.91 Å². The van der Waals surface area contributed by atoms with E-state index in [9.17, 15) is 9.59 Å². The summed E-state index contributed by atoms with van der Waals surface area (Å²) in [7, 11) is 0. The van der Waals surface area contributed by atoms with E-state index in [4.69, 9.17) is 5.11 Å². The van der Waals surface area contributed by atoms with Gasteiger partial charge < -0.3 is 10.4 Å². The van der Waals surface area contributed by atoms with E-state index in [0.717, 1.165) is 25.7 Å². The van der Waals surface area contributed by atoms with E-state index in [1.165, 1.54) is 0 Å². The molecular weight excluding hydrogens is 218 g/mol. The Hall–Kier alpha value is -1.06. The fraction of sp³-hybridized carbons (Fsp3) is 0.846. The summed E-state index contributed by atoms with van der Waals surface area (Å²) in [6.07, 6.45) is 4.03. The van der Waals surface area contributed by atoms with Crippen molar-refractivity contribution >= 4 is 11.9 Å². The van der Waals surface area contributed by atoms with Crippen LogP contribution in [0.5, 0.6) is 0 Å². The maximum absolute atomic E-state index is 11.9. The predicted octanol–water partition coefficient (Wildman–Crippen LogP) is 2.57. The van der Waals surface area contributed by atoms with Crippen LogP contribution >= 0.6 is 0 Å². The van der Waals surface area contributed by atoms with Crippen molar-refractivity contribution < 1.29 is 14.7 Å². The number of hydrogen-bond acceptors (Lipinski definition) is 2. The molecule has 2 atom stereocenters. The maximum atomic E-state index is 11.9. The maximum Gasteiger partial charge on any atom is 0.329 e. The summed E-state index contributed by atoms with van der Waals surface area (Å²) in [5.41, 5.74) is -1.13. The van der Waals surface area contributed by atoms with Crippen LogP contribution in [0, 0.1) is 5.92 Å². The molecule has 0 aliphatic carbocycles. The van der Waals surface area contributed by atoms with Crippen molar-refractivity contribution in [1.82, 2.24) is 5.32 Å². The highest BCUT2D eigenvalue weighted by molar-refractivity contribution is 5.87. The van der Waals surface area contributed by atoms with Crippen LogP contribution in [0.15, 0.2) is 0 Å². The van der Waals surface area contributed by atoms with Gasteiger partial charge in [-0.15, -0.1) is 0 Å². The molecule has 1 amide bonds. The molecule has 0 bridgehead atoms. The lowest BCUT2D eigenvalue weighted by atomic mass is 9.94. The van der Waals surface area contributed by atoms with Gasteiger partial charge in [0.25, 0.3) is 0 Å². The molecule has 0 aromatic carbocycles. The Kier molecular flexibility index (Phi) is 6.85. The van der Waals surface area contributed by atoms with E-state index in [0.29, 0.717) is 6.42 Å². The highest BCUT2D eigenvalue weighted by atomic mass is 16.4. The molecule has 0 fully saturated rings. The fourth-order valence-electron chi connectivity index (χ4n) is 1.76. The summed E-state index contributed by atoms with van der Waals surface area (Å²) in [6, 6.07) is 0. The molecule has 4 nitrogen and oxygen atoms in total. The molecule has 2 N–H and O–H groups in total. The summed E-state index contributed by atoms with van der Waals surface area (Å²) in [6.45, 7) is 7.40. The lowest BCUT2D eigenvalue weighted by Crippen LogP contribution is -2.53. The first-order valence-electron chi connectivity index (χ1n) is 6.42. The smallest absolute Gasteiger partial charge is 0.329 e. The molecule has 0 saturated carbocycles. The van der Waals surface area contributed by atoms with Gasteiger partial charge in [-0.1, -0.05) is 40.0 Å². The molecule has 0 radical (unpaired) electrons. The van der Waals surface area contributed by atoms with Gasteiger partial charge in [0.1, 0.15) is 5.54 Å². The van der Waals surface area contributed by atoms with E-state index in [1.807, 2.05) is 13.8 Å². The minimum absolute atomic E-state index is 0.120. The third-order valence-electron chi connectivity index (χ3n) is 3.06. The zero-order valence-corrected chi connectivity index (χ0v) is 11.4. The van der Waals surface area contributed by atoms with E-state index in [2.05, 4.69) is 12.2 Å². The monoisotopic (exact) mass is 243 g/mol. The Bertz CT molecular complexity index is 265. The molecule has 0 aliphatic heterocycles. The van der Waals surface area contributed by atoms with Crippen LogP contribution in [0.3, 0.4) is 0 Å². The van der Waals surface area contributed by atoms with E-state index in [1.54, 1.807) is 6.92 Å². The Balaban J connectivity index is 4.45. The summed E-state index contributed by atoms with van der Waals surface area (Å²) in [5, 5.41) is 11.8. The summed E-state index contributed by atoms with van der Waals surface area (Å²) >= 11 is 0. The van der Waals surface area contributed by atoms with Crippen molar-refractivity contribution in [2.24, 2.45) is 5.92 Å². The second-order valence-corrected chi connectivity index (χ2v) is 4.92. The van der Waals surface area contributed by atoms with Crippen molar-refractivity contribution in [3.63, 3.8) is 0 Å². The zero-order valence-electron chi connectivity index (χ0n) is 11.4. The number of carboxylic acids is 1. The molecule has 0 saturated heterocycles. The molecule has 0 spiro atoms. The van der Waals surface area contributed by atoms with E-state index >= 15 is 0 Å². The van der Waals surface area contributed by atoms with Crippen molar-refractivity contribution in [2.75, 3.05) is 0 Å². The van der Waals surface area contributed by atoms with Crippen LogP contribution in [0.25, 0.3) is 0 Å². The second kappa shape index (κ2) is 7.30. The van der Waals surface area contributed by atoms with Crippen LogP contribution in [-0.4, -0.2) is 22.5 Å². The number of carbonyl (C=O) groups excluding carboxylic acids is 1. The van der Waals surface area contributed by atoms with Crippen LogP contribution in [0.2, 0.25) is 0 Å². The van der Waals surface area contributed by atoms with Gasteiger partial charge in [-0.3, -0.25) is 4.79 Å². The molecule has 4 heteroatoms. The van der Waals surface area contributed by atoms with Gasteiger partial charge in [0.15, 0.2) is 0 Å². The minimum atomic E-state index is -1.13. The Morgan fingerprint density at radius 2 is 1.88 bits per heavy atom. The van der Waals surface area contributed by atoms with Crippen LogP contribution in [0.1, 0.15) is 59.8 Å². The number of unbranched alkanes of at least 4 members (excludes halogenated alkanes) is 1. The summed E-state index contributed by atoms with van der Waals surface area (Å²) < 4.78 is 0. The van der Waals surface area contributed by atoms with Crippen LogP contribution in [-0.2, 0) is 9.59 Å². The van der Waals surface area contributed by atoms with Crippen molar-refractivity contribution in [1.29, 1.82) is 0 Å². The molecule has 0 rings (SSSR count). The molecule has 0 aromatic heterocycles. The number of aliphatic carboxylic acids is 1. The Labute approximate surface area is 104 Å². The first kappa shape index (κ1) is 15.9. The van der Waals surface area contributed by atoms with Gasteiger partial charge >= 0.3 is 5.97 Å². The third kappa shape index (κ3) is 5.20. The number of carboxylic acid groups (broad SMARTS) is 1. The van der Waals surface area contributed by atoms with Gasteiger partial charge in [0, 0.05) is 5.92 Å². The quantitative estimate of drug-likeness (QED) is 0.688. The molecule has 0 aromatic rings. The lowest BCUT2D eigenvalue weighted by molar-refractivity contribution is -0.147. The highest BCUT2D eigenvalue weighted by Crippen LogP contribution is 2.15. The number of hydrogen-bond donors (Lipinski definition) is 2. The SMILES string of the molecule is CCCCC(C)C(=O)NC(C)(CCC)C(=O)O. The predicted molar refractivity (Wildman–Crippen MR) is 67.8 cm³/mol. The Morgan fingerprint density at radius 1 is 1.29 bits per heavy atom. The largest absolute Gasteiger partial charge is 0.480 e. The van der Waals surface area contributed by atoms with Gasteiger partial charge in [-0.2, -0.15) is 0 Å². The van der Waals surface area contributed by atoms with Crippen LogP contribution < -0.4 is 5.32 Å². The van der Waals surface area contributed by atoms with Crippen LogP contribution in [0.4, 0.5) is 0 Å². The second-order valence-electron chi connectivity index (χ2n) is 4.92. The average Bonchev–Trinajstić information content (AvgIpc) is 2.25. The third-order valence-corrected chi connectivity index (χ3v) is 3.06. The van der Waals surface area contributed by atoms with Gasteiger partial charge in [0.05, 0.1) is 0 Å². The number of amides is 1. The first-order chi connectivity index (χ1) is 7.87. The van der Waals surface area contributed by atoms with Gasteiger partial charge in [-0.05, 0) is 19.8 Å². The standard InChI is InChI=1S/C13H25NO3/c1-5-7-8-10(3)11(15)14-13(4,9-6-2)12(16)17/h10H,5-9H2,1-4H3,(H,14,15)(H,16,17). The lowest BCUT2D eigenvalue weighted by Gasteiger charge is -2.27. The average molecular weight is 243 g/mol. The summed E-state index contributed by atoms with van der Waals surface area (Å²) in [5.74, 6) is -1.24. The first-order valence-corrected chi connectivity index (χ1v) is 6.42. The highest BCUT2D eigenvalue weighted by Gasteiger charge is 2.34. The van der Waals surface area contributed by atoms with Crippen molar-refractivity contribution in [2.45, 2.75) is 65.3 Å². The summed E-state index contributed by atoms with van der Waals surface area (Å²) in [4.78, 5) is 23.0. The number of rotatable bonds is 8. The zero-order chi connectivity index (χ0) is 13.5. The molecule has 0 heterocycles. The van der Waals surface area contributed by atoms with E-state index in [-0.39, 0.29) is 11.8 Å². The molecule has 0 aliphatic rings. The van der Waals surface area contributed by atoms with Gasteiger partial charge in [-0.25, -0.2) is 4.79 Å². The number of nitrogens with one attached hydrogen (secondary N) is 1. The molecular formula is C13H25NO3. The fourth-order valence-corrected chi connectivity index (χ4v) is 1.76. The molecule has 100 valence electrons. The Morgan fingerprint density at radius 3 is 2.29 bits per heavy atom. The molecule has 17 heavy (non-hydrogen) atoms. The normalized spacial score (nSPS) is 16.0. The topological polar surface area (TPSA) is 66.4 Å². The van der Waals surface area contributed by atoms with E-state index < -0.39 is 11.5 Å². The minimum Gasteiger partial charge on any atom is -0.480 e. The van der Waals surface area contributed by atoms with Crippen molar-refractivity contribution in [3.8, 4) is 0 Å². The molecule has 2 unspecified atom stereocenters. The van der Waals surface area contributed by atoms with Crippen molar-refractivity contribution in [3.05, 3.63) is 0 Å².